The molecule has 0 aromatic heterocycles. The minimum absolute atomic E-state index is 0.511. The Morgan fingerprint density at radius 1 is 1.00 bits per heavy atom. The van der Waals surface area contributed by atoms with Gasteiger partial charge in [0.25, 0.3) is 0 Å². The number of hydrogen-bond acceptors (Lipinski definition) is 5. The lowest BCUT2D eigenvalue weighted by Gasteiger charge is -2.33. The minimum Gasteiger partial charge on any atom is -0.411 e. The Morgan fingerprint density at radius 2 is 1.47 bits per heavy atom. The molecule has 0 heterocycles. The molecule has 0 amide bonds. The second-order valence-electron chi connectivity index (χ2n) is 4.87. The maximum atomic E-state index is 8.76. The molecule has 17 heavy (non-hydrogen) atoms. The molecule has 2 N–H and O–H groups in total. The van der Waals surface area contributed by atoms with Crippen molar-refractivity contribution < 1.29 is 10.4 Å². The van der Waals surface area contributed by atoms with Crippen LogP contribution in [0.4, 0.5) is 0 Å². The zero-order chi connectivity index (χ0) is 12.7. The van der Waals surface area contributed by atoms with E-state index in [1.165, 1.54) is 32.1 Å². The van der Waals surface area contributed by atoms with Crippen LogP contribution in [0.2, 0.25) is 0 Å². The van der Waals surface area contributed by atoms with Crippen molar-refractivity contribution in [2.45, 2.75) is 52.0 Å². The van der Waals surface area contributed by atoms with Crippen LogP contribution in [0.3, 0.4) is 0 Å². The summed E-state index contributed by atoms with van der Waals surface area (Å²) in [6.45, 7) is 4.88. The summed E-state index contributed by atoms with van der Waals surface area (Å²) in [6.07, 6.45) is 6.18. The number of hydrogen-bond donors (Lipinski definition) is 2. The molecule has 1 fully saturated rings. The molecule has 5 nitrogen and oxygen atoms in total. The first-order chi connectivity index (χ1) is 8.17. The Bertz CT molecular complexity index is 263. The van der Waals surface area contributed by atoms with Crippen LogP contribution in [-0.4, -0.2) is 45.9 Å². The molecule has 98 valence electrons. The van der Waals surface area contributed by atoms with E-state index in [0.29, 0.717) is 30.6 Å². The quantitative estimate of drug-likeness (QED) is 0.441. The van der Waals surface area contributed by atoms with E-state index in [9.17, 15) is 0 Å². The normalized spacial score (nSPS) is 19.9. The smallest absolute Gasteiger partial charge is 0.0680 e. The molecule has 0 aromatic carbocycles. The molecule has 0 saturated heterocycles. The van der Waals surface area contributed by atoms with E-state index in [1.54, 1.807) is 13.8 Å². The third-order valence-corrected chi connectivity index (χ3v) is 3.30. The fourth-order valence-electron chi connectivity index (χ4n) is 2.41. The predicted molar refractivity (Wildman–Crippen MR) is 68.2 cm³/mol. The molecule has 5 heteroatoms. The van der Waals surface area contributed by atoms with Gasteiger partial charge in [0, 0.05) is 19.1 Å². The third kappa shape index (κ3) is 4.73. The van der Waals surface area contributed by atoms with Gasteiger partial charge in [-0.1, -0.05) is 29.6 Å². The zero-order valence-corrected chi connectivity index (χ0v) is 10.8. The number of oxime groups is 2. The molecule has 1 aliphatic carbocycles. The van der Waals surface area contributed by atoms with Gasteiger partial charge in [-0.2, -0.15) is 0 Å². The Kier molecular flexibility index (Phi) is 5.97. The van der Waals surface area contributed by atoms with Gasteiger partial charge >= 0.3 is 0 Å². The van der Waals surface area contributed by atoms with Crippen LogP contribution in [0, 0.1) is 0 Å². The minimum atomic E-state index is 0.511. The molecule has 1 rings (SSSR count). The standard InChI is InChI=1S/C12H23N3O2/c1-10(13-16)8-15(9-11(2)14-17)12-6-4-3-5-7-12/h12,16-17H,3-9H2,1-2H3/b13-10+,14-11+. The second-order valence-corrected chi connectivity index (χ2v) is 4.87. The molecule has 0 bridgehead atoms. The fraction of sp³-hybridized carbons (Fsp3) is 0.833. The van der Waals surface area contributed by atoms with Crippen LogP contribution in [0.25, 0.3) is 0 Å². The Labute approximate surface area is 103 Å². The first-order valence-electron chi connectivity index (χ1n) is 6.26. The van der Waals surface area contributed by atoms with Crippen LogP contribution in [0.5, 0.6) is 0 Å². The Morgan fingerprint density at radius 3 is 1.88 bits per heavy atom. The molecular formula is C12H23N3O2. The first kappa shape index (κ1) is 14.0. The van der Waals surface area contributed by atoms with Crippen molar-refractivity contribution in [3.63, 3.8) is 0 Å². The summed E-state index contributed by atoms with van der Waals surface area (Å²) in [4.78, 5) is 2.24. The topological polar surface area (TPSA) is 68.4 Å². The van der Waals surface area contributed by atoms with Crippen molar-refractivity contribution in [3.8, 4) is 0 Å². The van der Waals surface area contributed by atoms with Crippen LogP contribution < -0.4 is 0 Å². The van der Waals surface area contributed by atoms with Gasteiger partial charge < -0.3 is 10.4 Å². The van der Waals surface area contributed by atoms with Crippen molar-refractivity contribution in [2.75, 3.05) is 13.1 Å². The highest BCUT2D eigenvalue weighted by Gasteiger charge is 2.22. The van der Waals surface area contributed by atoms with Gasteiger partial charge in [0.1, 0.15) is 0 Å². The molecule has 1 saturated carbocycles. The lowest BCUT2D eigenvalue weighted by Crippen LogP contribution is -2.42. The van der Waals surface area contributed by atoms with E-state index >= 15 is 0 Å². The van der Waals surface area contributed by atoms with Crippen molar-refractivity contribution in [1.29, 1.82) is 0 Å². The first-order valence-corrected chi connectivity index (χ1v) is 6.26. The van der Waals surface area contributed by atoms with E-state index in [0.717, 1.165) is 0 Å². The van der Waals surface area contributed by atoms with Crippen LogP contribution in [0.1, 0.15) is 46.0 Å². The number of rotatable bonds is 5. The van der Waals surface area contributed by atoms with Gasteiger partial charge in [-0.15, -0.1) is 0 Å². The summed E-state index contributed by atoms with van der Waals surface area (Å²) in [6, 6.07) is 0.511. The van der Waals surface area contributed by atoms with Crippen LogP contribution in [-0.2, 0) is 0 Å². The molecule has 0 atom stereocenters. The van der Waals surface area contributed by atoms with Gasteiger partial charge in [-0.25, -0.2) is 0 Å². The van der Waals surface area contributed by atoms with E-state index in [-0.39, 0.29) is 0 Å². The molecule has 1 aliphatic rings. The lowest BCUT2D eigenvalue weighted by molar-refractivity contribution is 0.195. The van der Waals surface area contributed by atoms with Gasteiger partial charge in [0.05, 0.1) is 11.4 Å². The van der Waals surface area contributed by atoms with Crippen molar-refractivity contribution >= 4 is 11.4 Å². The average Bonchev–Trinajstić information content (AvgIpc) is 2.38. The summed E-state index contributed by atoms with van der Waals surface area (Å²) in [5.41, 5.74) is 1.39. The highest BCUT2D eigenvalue weighted by Crippen LogP contribution is 2.22. The van der Waals surface area contributed by atoms with Gasteiger partial charge in [-0.05, 0) is 26.7 Å². The van der Waals surface area contributed by atoms with E-state index in [2.05, 4.69) is 15.2 Å². The summed E-state index contributed by atoms with van der Waals surface area (Å²) in [5.74, 6) is 0. The maximum absolute atomic E-state index is 8.76. The molecule has 0 aliphatic heterocycles. The van der Waals surface area contributed by atoms with Crippen molar-refractivity contribution in [1.82, 2.24) is 4.90 Å². The molecule has 0 aromatic rings. The Hall–Kier alpha value is -1.10. The number of nitrogens with zero attached hydrogens (tertiary/aromatic N) is 3. The Balaban J connectivity index is 2.62. The van der Waals surface area contributed by atoms with Gasteiger partial charge in [-0.3, -0.25) is 4.90 Å². The summed E-state index contributed by atoms with van der Waals surface area (Å²) in [5, 5.41) is 24.0. The summed E-state index contributed by atoms with van der Waals surface area (Å²) >= 11 is 0. The second kappa shape index (κ2) is 7.27. The molecule has 0 unspecified atom stereocenters. The SMILES string of the molecule is C/C(CN(C/C(C)=N/O)C1CCCCC1)=N\O. The van der Waals surface area contributed by atoms with Crippen LogP contribution >= 0.6 is 0 Å². The zero-order valence-electron chi connectivity index (χ0n) is 10.8. The maximum Gasteiger partial charge on any atom is 0.0680 e. The van der Waals surface area contributed by atoms with Gasteiger partial charge in [0.15, 0.2) is 0 Å². The molecule has 0 radical (unpaired) electrons. The van der Waals surface area contributed by atoms with Crippen LogP contribution in [0.15, 0.2) is 10.3 Å². The third-order valence-electron chi connectivity index (χ3n) is 3.30. The summed E-state index contributed by atoms with van der Waals surface area (Å²) < 4.78 is 0. The monoisotopic (exact) mass is 241 g/mol. The fourth-order valence-corrected chi connectivity index (χ4v) is 2.41. The van der Waals surface area contributed by atoms with Gasteiger partial charge in [0.2, 0.25) is 0 Å². The van der Waals surface area contributed by atoms with E-state index in [1.807, 2.05) is 0 Å². The van der Waals surface area contributed by atoms with E-state index in [4.69, 9.17) is 10.4 Å². The summed E-state index contributed by atoms with van der Waals surface area (Å²) in [7, 11) is 0. The van der Waals surface area contributed by atoms with Crippen molar-refractivity contribution in [3.05, 3.63) is 0 Å². The van der Waals surface area contributed by atoms with Crippen molar-refractivity contribution in [2.24, 2.45) is 10.3 Å². The highest BCUT2D eigenvalue weighted by atomic mass is 16.4. The molecule has 0 spiro atoms. The molecular weight excluding hydrogens is 218 g/mol. The van der Waals surface area contributed by atoms with E-state index < -0.39 is 0 Å². The largest absolute Gasteiger partial charge is 0.411 e. The lowest BCUT2D eigenvalue weighted by atomic mass is 9.94. The average molecular weight is 241 g/mol. The predicted octanol–water partition coefficient (Wildman–Crippen LogP) is 2.32. The highest BCUT2D eigenvalue weighted by molar-refractivity contribution is 5.86.